The molecule has 0 bridgehead atoms. The Morgan fingerprint density at radius 1 is 1.10 bits per heavy atom. The molecule has 0 saturated heterocycles. The van der Waals surface area contributed by atoms with Gasteiger partial charge in [0.25, 0.3) is 0 Å². The highest BCUT2D eigenvalue weighted by Crippen LogP contribution is 2.05. The highest BCUT2D eigenvalue weighted by atomic mass is 32.1. The fraction of sp³-hybridized carbons (Fsp3) is 0.867. The highest BCUT2D eigenvalue weighted by molar-refractivity contribution is 7.80. The highest BCUT2D eigenvalue weighted by Gasteiger charge is 2.08. The van der Waals surface area contributed by atoms with Gasteiger partial charge in [-0.3, -0.25) is 4.79 Å². The standard InChI is InChI=1S/C15H30N2O2S/c1-3-4-5-6-7-8-12-19-13-10-15(18)17(2)11-9-14(16)20/h3-13H2,1-2H3,(H2,16,20). The first kappa shape index (κ1) is 19.3. The van der Waals surface area contributed by atoms with Gasteiger partial charge in [0, 0.05) is 26.6 Å². The Kier molecular flexibility index (Phi) is 12.9. The van der Waals surface area contributed by atoms with Crippen molar-refractivity contribution in [2.24, 2.45) is 5.73 Å². The lowest BCUT2D eigenvalue weighted by molar-refractivity contribution is -0.130. The van der Waals surface area contributed by atoms with Crippen LogP contribution in [0, 0.1) is 0 Å². The van der Waals surface area contributed by atoms with E-state index in [1.54, 1.807) is 11.9 Å². The maximum absolute atomic E-state index is 11.7. The summed E-state index contributed by atoms with van der Waals surface area (Å²) in [6.45, 7) is 4.07. The first-order chi connectivity index (χ1) is 9.57. The molecule has 0 atom stereocenters. The van der Waals surface area contributed by atoms with Gasteiger partial charge in [-0.05, 0) is 6.42 Å². The van der Waals surface area contributed by atoms with Crippen molar-refractivity contribution in [1.29, 1.82) is 0 Å². The molecule has 118 valence electrons. The quantitative estimate of drug-likeness (QED) is 0.420. The first-order valence-corrected chi connectivity index (χ1v) is 8.08. The van der Waals surface area contributed by atoms with Crippen molar-refractivity contribution < 1.29 is 9.53 Å². The first-order valence-electron chi connectivity index (χ1n) is 7.68. The molecule has 0 aromatic carbocycles. The lowest BCUT2D eigenvalue weighted by Crippen LogP contribution is -2.30. The fourth-order valence-corrected chi connectivity index (χ4v) is 1.93. The van der Waals surface area contributed by atoms with E-state index in [0.29, 0.717) is 31.0 Å². The number of thiocarbonyl (C=S) groups is 1. The third-order valence-electron chi connectivity index (χ3n) is 3.22. The van der Waals surface area contributed by atoms with Crippen LogP contribution >= 0.6 is 12.2 Å². The summed E-state index contributed by atoms with van der Waals surface area (Å²) in [5.74, 6) is 0.0872. The zero-order valence-corrected chi connectivity index (χ0v) is 13.8. The monoisotopic (exact) mass is 302 g/mol. The van der Waals surface area contributed by atoms with Crippen LogP contribution in [0.25, 0.3) is 0 Å². The van der Waals surface area contributed by atoms with Crippen molar-refractivity contribution in [3.8, 4) is 0 Å². The largest absolute Gasteiger partial charge is 0.393 e. The van der Waals surface area contributed by atoms with Crippen LogP contribution in [0.4, 0.5) is 0 Å². The molecule has 0 unspecified atom stereocenters. The summed E-state index contributed by atoms with van der Waals surface area (Å²) in [5, 5.41) is 0. The van der Waals surface area contributed by atoms with E-state index in [4.69, 9.17) is 22.7 Å². The van der Waals surface area contributed by atoms with Crippen LogP contribution in [0.1, 0.15) is 58.3 Å². The van der Waals surface area contributed by atoms with Crippen molar-refractivity contribution >= 4 is 23.1 Å². The third-order valence-corrected chi connectivity index (χ3v) is 3.43. The number of ether oxygens (including phenoxy) is 1. The number of hydrogen-bond acceptors (Lipinski definition) is 3. The van der Waals surface area contributed by atoms with Crippen LogP contribution in [0.3, 0.4) is 0 Å². The Morgan fingerprint density at radius 3 is 2.40 bits per heavy atom. The third kappa shape index (κ3) is 12.4. The molecule has 0 aliphatic heterocycles. The van der Waals surface area contributed by atoms with Gasteiger partial charge in [0.1, 0.15) is 0 Å². The minimum atomic E-state index is 0.0872. The average Bonchev–Trinajstić information content (AvgIpc) is 2.42. The molecule has 20 heavy (non-hydrogen) atoms. The summed E-state index contributed by atoms with van der Waals surface area (Å²) in [4.78, 5) is 13.8. The fourth-order valence-electron chi connectivity index (χ4n) is 1.84. The zero-order valence-electron chi connectivity index (χ0n) is 13.0. The Labute approximate surface area is 129 Å². The van der Waals surface area contributed by atoms with Crippen LogP contribution in [-0.2, 0) is 9.53 Å². The van der Waals surface area contributed by atoms with Gasteiger partial charge in [-0.1, -0.05) is 51.2 Å². The summed E-state index contributed by atoms with van der Waals surface area (Å²) >= 11 is 4.79. The molecule has 0 aromatic heterocycles. The number of carbonyl (C=O) groups excluding carboxylic acids is 1. The summed E-state index contributed by atoms with van der Waals surface area (Å²) in [6.07, 6.45) is 8.55. The van der Waals surface area contributed by atoms with E-state index in [1.807, 2.05) is 0 Å². The van der Waals surface area contributed by atoms with Crippen LogP contribution < -0.4 is 5.73 Å². The number of nitrogens with zero attached hydrogens (tertiary/aromatic N) is 1. The van der Waals surface area contributed by atoms with Crippen molar-refractivity contribution in [1.82, 2.24) is 4.90 Å². The molecule has 5 heteroatoms. The van der Waals surface area contributed by atoms with E-state index >= 15 is 0 Å². The van der Waals surface area contributed by atoms with Gasteiger partial charge in [0.15, 0.2) is 0 Å². The van der Waals surface area contributed by atoms with Crippen molar-refractivity contribution in [2.45, 2.75) is 58.3 Å². The Morgan fingerprint density at radius 2 is 1.75 bits per heavy atom. The second-order valence-electron chi connectivity index (χ2n) is 5.16. The van der Waals surface area contributed by atoms with Crippen LogP contribution in [0.5, 0.6) is 0 Å². The molecule has 0 spiro atoms. The predicted octanol–water partition coefficient (Wildman–Crippen LogP) is 2.89. The molecular weight excluding hydrogens is 272 g/mol. The maximum atomic E-state index is 11.7. The Balaban J connectivity index is 3.36. The van der Waals surface area contributed by atoms with Gasteiger partial charge in [0.05, 0.1) is 18.0 Å². The SMILES string of the molecule is CCCCCCCCOCCC(=O)N(C)CCC(N)=S. The van der Waals surface area contributed by atoms with Gasteiger partial charge in [-0.2, -0.15) is 0 Å². The number of hydrogen-bond donors (Lipinski definition) is 1. The van der Waals surface area contributed by atoms with Crippen molar-refractivity contribution in [3.05, 3.63) is 0 Å². The molecule has 4 nitrogen and oxygen atoms in total. The molecule has 0 rings (SSSR count). The van der Waals surface area contributed by atoms with Gasteiger partial charge in [-0.15, -0.1) is 0 Å². The predicted molar refractivity (Wildman–Crippen MR) is 87.9 cm³/mol. The molecule has 0 saturated carbocycles. The summed E-state index contributed by atoms with van der Waals surface area (Å²) in [5.41, 5.74) is 5.41. The second-order valence-corrected chi connectivity index (χ2v) is 5.69. The minimum absolute atomic E-state index is 0.0872. The normalized spacial score (nSPS) is 10.5. The molecule has 1 amide bonds. The van der Waals surface area contributed by atoms with E-state index in [-0.39, 0.29) is 5.91 Å². The maximum Gasteiger partial charge on any atom is 0.224 e. The molecule has 0 heterocycles. The lowest BCUT2D eigenvalue weighted by Gasteiger charge is -2.16. The molecular formula is C15H30N2O2S. The average molecular weight is 302 g/mol. The van der Waals surface area contributed by atoms with E-state index in [2.05, 4.69) is 6.92 Å². The summed E-state index contributed by atoms with van der Waals surface area (Å²) in [6, 6.07) is 0. The van der Waals surface area contributed by atoms with E-state index in [0.717, 1.165) is 13.0 Å². The lowest BCUT2D eigenvalue weighted by atomic mass is 10.1. The zero-order chi connectivity index (χ0) is 15.2. The number of rotatable bonds is 13. The van der Waals surface area contributed by atoms with Crippen LogP contribution in [0.2, 0.25) is 0 Å². The van der Waals surface area contributed by atoms with Crippen molar-refractivity contribution in [2.75, 3.05) is 26.8 Å². The van der Waals surface area contributed by atoms with E-state index in [9.17, 15) is 4.79 Å². The molecule has 0 radical (unpaired) electrons. The van der Waals surface area contributed by atoms with Gasteiger partial charge < -0.3 is 15.4 Å². The number of nitrogens with two attached hydrogens (primary N) is 1. The van der Waals surface area contributed by atoms with Gasteiger partial charge in [0.2, 0.25) is 5.91 Å². The van der Waals surface area contributed by atoms with E-state index < -0.39 is 0 Å². The second kappa shape index (κ2) is 13.3. The Hall–Kier alpha value is -0.680. The number of amides is 1. The summed E-state index contributed by atoms with van der Waals surface area (Å²) in [7, 11) is 1.77. The van der Waals surface area contributed by atoms with E-state index in [1.165, 1.54) is 32.1 Å². The van der Waals surface area contributed by atoms with Gasteiger partial charge >= 0.3 is 0 Å². The molecule has 0 aliphatic carbocycles. The van der Waals surface area contributed by atoms with Crippen molar-refractivity contribution in [3.63, 3.8) is 0 Å². The minimum Gasteiger partial charge on any atom is -0.393 e. The summed E-state index contributed by atoms with van der Waals surface area (Å²) < 4.78 is 5.49. The van der Waals surface area contributed by atoms with Gasteiger partial charge in [-0.25, -0.2) is 0 Å². The smallest absolute Gasteiger partial charge is 0.224 e. The Bertz CT molecular complexity index is 273. The molecule has 0 fully saturated rings. The molecule has 2 N–H and O–H groups in total. The van der Waals surface area contributed by atoms with Crippen LogP contribution in [-0.4, -0.2) is 42.6 Å². The molecule has 0 aromatic rings. The number of unbranched alkanes of at least 4 members (excludes halogenated alkanes) is 5. The molecule has 0 aliphatic rings. The van der Waals surface area contributed by atoms with Crippen LogP contribution in [0.15, 0.2) is 0 Å². The topological polar surface area (TPSA) is 55.6 Å². The number of carbonyl (C=O) groups is 1.